The summed E-state index contributed by atoms with van der Waals surface area (Å²) in [5.74, 6) is -0.0366. The molecule has 5 nitrogen and oxygen atoms in total. The molecular weight excluding hydrogens is 404 g/mol. The molecule has 0 aromatic heterocycles. The highest BCUT2D eigenvalue weighted by Gasteiger charge is 2.30. The zero-order valence-electron chi connectivity index (χ0n) is 14.2. The van der Waals surface area contributed by atoms with E-state index in [-0.39, 0.29) is 16.8 Å². The number of hydrogen-bond acceptors (Lipinski definition) is 3. The van der Waals surface area contributed by atoms with Gasteiger partial charge in [-0.2, -0.15) is 0 Å². The van der Waals surface area contributed by atoms with Gasteiger partial charge in [0.15, 0.2) is 0 Å². The topological polar surface area (TPSA) is 66.5 Å². The Morgan fingerprint density at radius 3 is 2.60 bits per heavy atom. The van der Waals surface area contributed by atoms with Crippen LogP contribution in [0.1, 0.15) is 25.0 Å². The number of amides is 1. The van der Waals surface area contributed by atoms with Crippen molar-refractivity contribution in [3.8, 4) is 0 Å². The third-order valence-corrected chi connectivity index (χ3v) is 6.21. The van der Waals surface area contributed by atoms with Gasteiger partial charge in [0.2, 0.25) is 5.91 Å². The SMILES string of the molecule is CC(=O)N1c2ccc(S(=O)(=O)Nc3ccc(Br)cc3C)cc2CC1C. The van der Waals surface area contributed by atoms with Gasteiger partial charge in [-0.3, -0.25) is 9.52 Å². The van der Waals surface area contributed by atoms with Crippen LogP contribution in [0.2, 0.25) is 0 Å². The molecule has 0 fully saturated rings. The molecule has 1 aliphatic heterocycles. The fourth-order valence-corrected chi connectivity index (χ4v) is 4.86. The molecule has 0 radical (unpaired) electrons. The summed E-state index contributed by atoms with van der Waals surface area (Å²) >= 11 is 3.37. The van der Waals surface area contributed by atoms with E-state index in [1.165, 1.54) is 6.92 Å². The maximum absolute atomic E-state index is 12.7. The molecule has 7 heteroatoms. The van der Waals surface area contributed by atoms with Crippen LogP contribution in [0.15, 0.2) is 45.8 Å². The van der Waals surface area contributed by atoms with Crippen molar-refractivity contribution in [2.45, 2.75) is 38.1 Å². The molecule has 25 heavy (non-hydrogen) atoms. The molecular formula is C18H19BrN2O3S. The van der Waals surface area contributed by atoms with Gasteiger partial charge in [0, 0.05) is 23.1 Å². The number of rotatable bonds is 3. The van der Waals surface area contributed by atoms with Crippen LogP contribution >= 0.6 is 15.9 Å². The van der Waals surface area contributed by atoms with Gasteiger partial charge in [-0.15, -0.1) is 0 Å². The summed E-state index contributed by atoms with van der Waals surface area (Å²) in [6, 6.07) is 10.3. The molecule has 2 aromatic carbocycles. The van der Waals surface area contributed by atoms with Gasteiger partial charge in [0.05, 0.1) is 10.6 Å². The molecule has 2 aromatic rings. The van der Waals surface area contributed by atoms with Gasteiger partial charge in [-0.05, 0) is 67.8 Å². The van der Waals surface area contributed by atoms with Gasteiger partial charge >= 0.3 is 0 Å². The second kappa shape index (κ2) is 6.46. The second-order valence-electron chi connectivity index (χ2n) is 6.30. The number of hydrogen-bond donors (Lipinski definition) is 1. The number of benzene rings is 2. The minimum Gasteiger partial charge on any atom is -0.309 e. The van der Waals surface area contributed by atoms with Crippen LogP contribution in [0.25, 0.3) is 0 Å². The smallest absolute Gasteiger partial charge is 0.261 e. The molecule has 0 saturated carbocycles. The number of halogens is 1. The van der Waals surface area contributed by atoms with Crippen LogP contribution in [0, 0.1) is 6.92 Å². The van der Waals surface area contributed by atoms with Gasteiger partial charge in [0.1, 0.15) is 0 Å². The van der Waals surface area contributed by atoms with E-state index in [4.69, 9.17) is 0 Å². The number of nitrogens with zero attached hydrogens (tertiary/aromatic N) is 1. The Morgan fingerprint density at radius 1 is 1.24 bits per heavy atom. The quantitative estimate of drug-likeness (QED) is 0.816. The number of anilines is 2. The summed E-state index contributed by atoms with van der Waals surface area (Å²) in [6.45, 7) is 5.32. The Hall–Kier alpha value is -1.86. The number of sulfonamides is 1. The highest BCUT2D eigenvalue weighted by molar-refractivity contribution is 9.10. The molecule has 1 atom stereocenters. The van der Waals surface area contributed by atoms with E-state index < -0.39 is 10.0 Å². The van der Waals surface area contributed by atoms with E-state index in [0.29, 0.717) is 12.1 Å². The van der Waals surface area contributed by atoms with Gasteiger partial charge < -0.3 is 4.90 Å². The predicted octanol–water partition coefficient (Wildman–Crippen LogP) is 3.86. The van der Waals surface area contributed by atoms with Crippen molar-refractivity contribution in [1.82, 2.24) is 0 Å². The van der Waals surface area contributed by atoms with Crippen molar-refractivity contribution >= 4 is 43.2 Å². The first-order valence-corrected chi connectivity index (χ1v) is 10.2. The highest BCUT2D eigenvalue weighted by Crippen LogP contribution is 2.34. The number of carbonyl (C=O) groups excluding carboxylic acids is 1. The third-order valence-electron chi connectivity index (χ3n) is 4.35. The monoisotopic (exact) mass is 422 g/mol. The second-order valence-corrected chi connectivity index (χ2v) is 8.90. The highest BCUT2D eigenvalue weighted by atomic mass is 79.9. The summed E-state index contributed by atoms with van der Waals surface area (Å²) in [4.78, 5) is 13.7. The summed E-state index contributed by atoms with van der Waals surface area (Å²) in [7, 11) is -3.69. The zero-order valence-corrected chi connectivity index (χ0v) is 16.6. The van der Waals surface area contributed by atoms with Gasteiger partial charge in [0.25, 0.3) is 10.0 Å². The summed E-state index contributed by atoms with van der Waals surface area (Å²) in [5.41, 5.74) is 3.04. The molecule has 1 amide bonds. The molecule has 1 heterocycles. The Bertz CT molecular complexity index is 957. The maximum atomic E-state index is 12.7. The minimum atomic E-state index is -3.69. The molecule has 0 spiro atoms. The van der Waals surface area contributed by atoms with Crippen LogP contribution in [-0.2, 0) is 21.2 Å². The van der Waals surface area contributed by atoms with E-state index in [1.54, 1.807) is 35.2 Å². The Labute approximate surface area is 156 Å². The third kappa shape index (κ3) is 3.43. The van der Waals surface area contributed by atoms with E-state index in [0.717, 1.165) is 21.3 Å². The first-order valence-electron chi connectivity index (χ1n) is 7.91. The average Bonchev–Trinajstić information content (AvgIpc) is 2.85. The molecule has 1 unspecified atom stereocenters. The van der Waals surface area contributed by atoms with Crippen molar-refractivity contribution < 1.29 is 13.2 Å². The predicted molar refractivity (Wildman–Crippen MR) is 102 cm³/mol. The first-order chi connectivity index (χ1) is 11.7. The van der Waals surface area contributed by atoms with Crippen molar-refractivity contribution in [3.05, 3.63) is 52.0 Å². The van der Waals surface area contributed by atoms with Crippen molar-refractivity contribution in [3.63, 3.8) is 0 Å². The lowest BCUT2D eigenvalue weighted by Crippen LogP contribution is -2.33. The number of aryl methyl sites for hydroxylation is 1. The molecule has 0 bridgehead atoms. The molecule has 3 rings (SSSR count). The molecule has 0 aliphatic carbocycles. The number of nitrogens with one attached hydrogen (secondary N) is 1. The van der Waals surface area contributed by atoms with Crippen LogP contribution in [0.3, 0.4) is 0 Å². The zero-order chi connectivity index (χ0) is 18.4. The fourth-order valence-electron chi connectivity index (χ4n) is 3.20. The number of carbonyl (C=O) groups is 1. The summed E-state index contributed by atoms with van der Waals surface area (Å²) in [6.07, 6.45) is 0.648. The van der Waals surface area contributed by atoms with Crippen molar-refractivity contribution in [2.75, 3.05) is 9.62 Å². The lowest BCUT2D eigenvalue weighted by Gasteiger charge is -2.20. The average molecular weight is 423 g/mol. The van der Waals surface area contributed by atoms with E-state index in [1.807, 2.05) is 19.9 Å². The van der Waals surface area contributed by atoms with E-state index in [2.05, 4.69) is 20.7 Å². The van der Waals surface area contributed by atoms with Crippen LogP contribution < -0.4 is 9.62 Å². The van der Waals surface area contributed by atoms with Gasteiger partial charge in [-0.1, -0.05) is 15.9 Å². The lowest BCUT2D eigenvalue weighted by atomic mass is 10.1. The van der Waals surface area contributed by atoms with Crippen LogP contribution in [0.4, 0.5) is 11.4 Å². The summed E-state index contributed by atoms with van der Waals surface area (Å²) < 4.78 is 29.0. The Balaban J connectivity index is 1.94. The Morgan fingerprint density at radius 2 is 1.96 bits per heavy atom. The van der Waals surface area contributed by atoms with Crippen molar-refractivity contribution in [2.24, 2.45) is 0 Å². The lowest BCUT2D eigenvalue weighted by molar-refractivity contribution is -0.116. The standard InChI is InChI=1S/C18H19BrN2O3S/c1-11-8-15(19)4-6-17(11)20-25(23,24)16-5-7-18-14(10-16)9-12(2)21(18)13(3)22/h4-8,10,12,20H,9H2,1-3H3. The van der Waals surface area contributed by atoms with Crippen LogP contribution in [0.5, 0.6) is 0 Å². The Kier molecular flexibility index (Phi) is 4.64. The molecule has 132 valence electrons. The molecule has 1 aliphatic rings. The van der Waals surface area contributed by atoms with Gasteiger partial charge in [-0.25, -0.2) is 8.42 Å². The van der Waals surface area contributed by atoms with Crippen LogP contribution in [-0.4, -0.2) is 20.4 Å². The summed E-state index contributed by atoms with van der Waals surface area (Å²) in [5, 5.41) is 0. The minimum absolute atomic E-state index is 0.0344. The van der Waals surface area contributed by atoms with Crippen molar-refractivity contribution in [1.29, 1.82) is 0 Å². The molecule has 1 N–H and O–H groups in total. The number of fused-ring (bicyclic) bond motifs is 1. The van der Waals surface area contributed by atoms with E-state index in [9.17, 15) is 13.2 Å². The maximum Gasteiger partial charge on any atom is 0.261 e. The first kappa shape index (κ1) is 17.9. The fraction of sp³-hybridized carbons (Fsp3) is 0.278. The van der Waals surface area contributed by atoms with E-state index >= 15 is 0 Å². The largest absolute Gasteiger partial charge is 0.309 e. The molecule has 0 saturated heterocycles. The normalized spacial score (nSPS) is 16.6.